The Balaban J connectivity index is 2.33. The highest BCUT2D eigenvalue weighted by Gasteiger charge is 2.30. The van der Waals surface area contributed by atoms with E-state index < -0.39 is 0 Å². The predicted molar refractivity (Wildman–Crippen MR) is 63.3 cm³/mol. The molecule has 0 unspecified atom stereocenters. The van der Waals surface area contributed by atoms with Gasteiger partial charge in [0, 0.05) is 31.4 Å². The van der Waals surface area contributed by atoms with Crippen molar-refractivity contribution in [1.82, 2.24) is 10.3 Å². The maximum Gasteiger partial charge on any atom is 0.131 e. The van der Waals surface area contributed by atoms with Crippen LogP contribution in [0.4, 0.5) is 5.82 Å². The van der Waals surface area contributed by atoms with Gasteiger partial charge in [-0.2, -0.15) is 0 Å². The van der Waals surface area contributed by atoms with E-state index in [1.165, 1.54) is 5.56 Å². The van der Waals surface area contributed by atoms with Crippen LogP contribution in [0.25, 0.3) is 0 Å². The number of pyridine rings is 1. The number of aromatic nitrogens is 1. The van der Waals surface area contributed by atoms with E-state index >= 15 is 0 Å². The highest BCUT2D eigenvalue weighted by atomic mass is 15.3. The van der Waals surface area contributed by atoms with Gasteiger partial charge in [0.15, 0.2) is 0 Å². The molecular formula is C12H19N3. The molecule has 1 N–H and O–H groups in total. The van der Waals surface area contributed by atoms with Crippen LogP contribution in [0.15, 0.2) is 18.3 Å². The normalized spacial score (nSPS) is 20.3. The molecule has 1 aliphatic rings. The van der Waals surface area contributed by atoms with Crippen molar-refractivity contribution in [3.63, 3.8) is 0 Å². The van der Waals surface area contributed by atoms with Gasteiger partial charge in [-0.1, -0.05) is 6.07 Å². The minimum Gasteiger partial charge on any atom is -0.349 e. The molecular weight excluding hydrogens is 186 g/mol. The Morgan fingerprint density at radius 2 is 2.27 bits per heavy atom. The first-order valence-electron chi connectivity index (χ1n) is 5.51. The second kappa shape index (κ2) is 3.81. The summed E-state index contributed by atoms with van der Waals surface area (Å²) in [4.78, 5) is 6.90. The molecule has 3 heteroatoms. The van der Waals surface area contributed by atoms with E-state index in [1.807, 2.05) is 12.3 Å². The minimum atomic E-state index is 0.150. The van der Waals surface area contributed by atoms with Gasteiger partial charge in [-0.05, 0) is 32.4 Å². The molecule has 2 heterocycles. The van der Waals surface area contributed by atoms with Crippen LogP contribution in [0.2, 0.25) is 0 Å². The highest BCUT2D eigenvalue weighted by Crippen LogP contribution is 2.25. The maximum atomic E-state index is 4.50. The number of rotatable bonds is 1. The number of piperazine rings is 1. The molecule has 0 saturated carbocycles. The predicted octanol–water partition coefficient (Wildman–Crippen LogP) is 1.58. The summed E-state index contributed by atoms with van der Waals surface area (Å²) in [6.07, 6.45) is 1.88. The Morgan fingerprint density at radius 1 is 1.47 bits per heavy atom. The molecule has 0 atom stereocenters. The van der Waals surface area contributed by atoms with Crippen LogP contribution >= 0.6 is 0 Å². The number of anilines is 1. The third kappa shape index (κ3) is 1.97. The van der Waals surface area contributed by atoms with E-state index in [9.17, 15) is 0 Å². The van der Waals surface area contributed by atoms with Crippen molar-refractivity contribution in [3.8, 4) is 0 Å². The fraction of sp³-hybridized carbons (Fsp3) is 0.583. The summed E-state index contributed by atoms with van der Waals surface area (Å²) < 4.78 is 0. The molecule has 0 amide bonds. The van der Waals surface area contributed by atoms with Crippen LogP contribution < -0.4 is 10.2 Å². The standard InChI is InChI=1S/C12H19N3/c1-10-5-4-6-14-11(10)15-8-7-13-9-12(15,2)3/h4-6,13H,7-9H2,1-3H3. The molecule has 1 fully saturated rings. The van der Waals surface area contributed by atoms with Crippen LogP contribution in [0.5, 0.6) is 0 Å². The molecule has 3 nitrogen and oxygen atoms in total. The average molecular weight is 205 g/mol. The van der Waals surface area contributed by atoms with E-state index in [-0.39, 0.29) is 5.54 Å². The summed E-state index contributed by atoms with van der Waals surface area (Å²) >= 11 is 0. The van der Waals surface area contributed by atoms with Crippen LogP contribution in [0.1, 0.15) is 19.4 Å². The molecule has 2 rings (SSSR count). The van der Waals surface area contributed by atoms with Crippen LogP contribution in [0, 0.1) is 6.92 Å². The third-order valence-corrected chi connectivity index (χ3v) is 3.04. The van der Waals surface area contributed by atoms with E-state index in [0.29, 0.717) is 0 Å². The van der Waals surface area contributed by atoms with E-state index in [2.05, 4.69) is 42.0 Å². The van der Waals surface area contributed by atoms with Gasteiger partial charge in [-0.25, -0.2) is 4.98 Å². The Bertz CT molecular complexity index is 346. The number of aryl methyl sites for hydroxylation is 1. The first-order chi connectivity index (χ1) is 7.11. The van der Waals surface area contributed by atoms with Crippen molar-refractivity contribution >= 4 is 5.82 Å². The molecule has 0 spiro atoms. The lowest BCUT2D eigenvalue weighted by molar-refractivity contribution is 0.377. The lowest BCUT2D eigenvalue weighted by atomic mass is 9.99. The van der Waals surface area contributed by atoms with Gasteiger partial charge >= 0.3 is 0 Å². The van der Waals surface area contributed by atoms with Crippen molar-refractivity contribution in [2.45, 2.75) is 26.3 Å². The maximum absolute atomic E-state index is 4.50. The fourth-order valence-electron chi connectivity index (χ4n) is 2.14. The zero-order valence-corrected chi connectivity index (χ0v) is 9.75. The third-order valence-electron chi connectivity index (χ3n) is 3.04. The summed E-state index contributed by atoms with van der Waals surface area (Å²) in [5.74, 6) is 1.13. The largest absolute Gasteiger partial charge is 0.349 e. The molecule has 15 heavy (non-hydrogen) atoms. The summed E-state index contributed by atoms with van der Waals surface area (Å²) in [5.41, 5.74) is 1.41. The molecule has 0 aliphatic carbocycles. The Hall–Kier alpha value is -1.09. The molecule has 1 aliphatic heterocycles. The van der Waals surface area contributed by atoms with Gasteiger partial charge in [0.1, 0.15) is 5.82 Å². The van der Waals surface area contributed by atoms with E-state index in [1.54, 1.807) is 0 Å². The summed E-state index contributed by atoms with van der Waals surface area (Å²) in [5, 5.41) is 3.42. The number of hydrogen-bond acceptors (Lipinski definition) is 3. The second-order valence-electron chi connectivity index (χ2n) is 4.78. The number of hydrogen-bond donors (Lipinski definition) is 1. The molecule has 1 aromatic rings. The SMILES string of the molecule is Cc1cccnc1N1CCNCC1(C)C. The fourth-order valence-corrected chi connectivity index (χ4v) is 2.14. The van der Waals surface area contributed by atoms with Gasteiger partial charge in [0.2, 0.25) is 0 Å². The first kappa shape index (κ1) is 10.4. The summed E-state index contributed by atoms with van der Waals surface area (Å²) in [7, 11) is 0. The van der Waals surface area contributed by atoms with Crippen molar-refractivity contribution < 1.29 is 0 Å². The highest BCUT2D eigenvalue weighted by molar-refractivity contribution is 5.48. The average Bonchev–Trinajstić information content (AvgIpc) is 2.19. The second-order valence-corrected chi connectivity index (χ2v) is 4.78. The van der Waals surface area contributed by atoms with Crippen molar-refractivity contribution in [2.75, 3.05) is 24.5 Å². The zero-order valence-electron chi connectivity index (χ0n) is 9.75. The molecule has 0 bridgehead atoms. The quantitative estimate of drug-likeness (QED) is 0.754. The smallest absolute Gasteiger partial charge is 0.131 e. The van der Waals surface area contributed by atoms with Gasteiger partial charge in [-0.3, -0.25) is 0 Å². The van der Waals surface area contributed by atoms with Crippen LogP contribution in [-0.4, -0.2) is 30.2 Å². The summed E-state index contributed by atoms with van der Waals surface area (Å²) in [6, 6.07) is 4.12. The van der Waals surface area contributed by atoms with Crippen molar-refractivity contribution in [2.24, 2.45) is 0 Å². The van der Waals surface area contributed by atoms with Crippen LogP contribution in [0.3, 0.4) is 0 Å². The number of nitrogens with one attached hydrogen (secondary N) is 1. The van der Waals surface area contributed by atoms with Gasteiger partial charge in [0.25, 0.3) is 0 Å². The number of nitrogens with zero attached hydrogens (tertiary/aromatic N) is 2. The van der Waals surface area contributed by atoms with E-state index in [4.69, 9.17) is 0 Å². The molecule has 0 aromatic carbocycles. The van der Waals surface area contributed by atoms with Gasteiger partial charge in [-0.15, -0.1) is 0 Å². The van der Waals surface area contributed by atoms with E-state index in [0.717, 1.165) is 25.5 Å². The van der Waals surface area contributed by atoms with Gasteiger partial charge in [0.05, 0.1) is 0 Å². The van der Waals surface area contributed by atoms with Crippen molar-refractivity contribution in [3.05, 3.63) is 23.9 Å². The monoisotopic (exact) mass is 205 g/mol. The molecule has 82 valence electrons. The summed E-state index contributed by atoms with van der Waals surface area (Å²) in [6.45, 7) is 9.73. The Morgan fingerprint density at radius 3 is 2.93 bits per heavy atom. The first-order valence-corrected chi connectivity index (χ1v) is 5.51. The van der Waals surface area contributed by atoms with Crippen molar-refractivity contribution in [1.29, 1.82) is 0 Å². The molecule has 1 aromatic heterocycles. The Labute approximate surface area is 91.5 Å². The lowest BCUT2D eigenvalue weighted by Gasteiger charge is -2.44. The topological polar surface area (TPSA) is 28.2 Å². The lowest BCUT2D eigenvalue weighted by Crippen LogP contribution is -2.58. The van der Waals surface area contributed by atoms with Gasteiger partial charge < -0.3 is 10.2 Å². The Kier molecular flexibility index (Phi) is 2.65. The molecule has 0 radical (unpaired) electrons. The zero-order chi connectivity index (χ0) is 10.9. The minimum absolute atomic E-state index is 0.150. The molecule has 1 saturated heterocycles. The van der Waals surface area contributed by atoms with Crippen LogP contribution in [-0.2, 0) is 0 Å².